The number of nitrogens with zero attached hydrogens (tertiary/aromatic N) is 1. The molecule has 1 aliphatic heterocycles. The standard InChI is InChI=1S/C8H12N2OS/c1-6-2-10-8(12-6)5-11-7-3-9-4-7/h2,7,9H,3-5H2,1H3. The number of nitrogens with one attached hydrogen (secondary N) is 1. The van der Waals surface area contributed by atoms with Gasteiger partial charge in [0.05, 0.1) is 12.7 Å². The molecule has 0 saturated carbocycles. The summed E-state index contributed by atoms with van der Waals surface area (Å²) in [5, 5.41) is 4.24. The second kappa shape index (κ2) is 3.51. The molecule has 1 aliphatic rings. The van der Waals surface area contributed by atoms with E-state index in [1.54, 1.807) is 11.3 Å². The second-order valence-corrected chi connectivity index (χ2v) is 4.28. The van der Waals surface area contributed by atoms with Crippen molar-refractivity contribution in [3.8, 4) is 0 Å². The Hall–Kier alpha value is -0.450. The lowest BCUT2D eigenvalue weighted by Gasteiger charge is -2.26. The van der Waals surface area contributed by atoms with Crippen LogP contribution in [0.1, 0.15) is 9.88 Å². The molecule has 0 aliphatic carbocycles. The van der Waals surface area contributed by atoms with Gasteiger partial charge in [0.15, 0.2) is 0 Å². The monoisotopic (exact) mass is 184 g/mol. The molecule has 1 saturated heterocycles. The lowest BCUT2D eigenvalue weighted by Crippen LogP contribution is -2.48. The zero-order valence-corrected chi connectivity index (χ0v) is 7.86. The fourth-order valence-electron chi connectivity index (χ4n) is 1.04. The maximum Gasteiger partial charge on any atom is 0.119 e. The Balaban J connectivity index is 1.79. The van der Waals surface area contributed by atoms with E-state index in [1.165, 1.54) is 4.88 Å². The first-order chi connectivity index (χ1) is 5.84. The van der Waals surface area contributed by atoms with Crippen molar-refractivity contribution in [1.82, 2.24) is 10.3 Å². The van der Waals surface area contributed by atoms with Crippen LogP contribution >= 0.6 is 11.3 Å². The zero-order valence-electron chi connectivity index (χ0n) is 7.04. The molecule has 0 bridgehead atoms. The fraction of sp³-hybridized carbons (Fsp3) is 0.625. The minimum Gasteiger partial charge on any atom is -0.368 e. The Morgan fingerprint density at radius 2 is 2.58 bits per heavy atom. The van der Waals surface area contributed by atoms with Gasteiger partial charge >= 0.3 is 0 Å². The molecule has 4 heteroatoms. The molecule has 1 aromatic rings. The highest BCUT2D eigenvalue weighted by Gasteiger charge is 2.17. The highest BCUT2D eigenvalue weighted by molar-refractivity contribution is 7.11. The number of thiazole rings is 1. The smallest absolute Gasteiger partial charge is 0.119 e. The third kappa shape index (κ3) is 1.83. The van der Waals surface area contributed by atoms with E-state index >= 15 is 0 Å². The third-order valence-electron chi connectivity index (χ3n) is 1.86. The normalized spacial score (nSPS) is 17.8. The van der Waals surface area contributed by atoms with Gasteiger partial charge in [-0.05, 0) is 6.92 Å². The van der Waals surface area contributed by atoms with E-state index in [-0.39, 0.29) is 0 Å². The van der Waals surface area contributed by atoms with Gasteiger partial charge in [-0.2, -0.15) is 0 Å². The molecule has 1 fully saturated rings. The van der Waals surface area contributed by atoms with Crippen LogP contribution in [0, 0.1) is 6.92 Å². The van der Waals surface area contributed by atoms with Crippen LogP contribution in [0.15, 0.2) is 6.20 Å². The number of aryl methyl sites for hydroxylation is 1. The quantitative estimate of drug-likeness (QED) is 0.759. The van der Waals surface area contributed by atoms with Crippen molar-refractivity contribution in [2.75, 3.05) is 13.1 Å². The summed E-state index contributed by atoms with van der Waals surface area (Å²) in [4.78, 5) is 5.47. The molecule has 0 radical (unpaired) electrons. The molecule has 0 amide bonds. The Morgan fingerprint density at radius 1 is 1.75 bits per heavy atom. The van der Waals surface area contributed by atoms with Crippen LogP contribution in [0.25, 0.3) is 0 Å². The van der Waals surface area contributed by atoms with E-state index in [0.717, 1.165) is 18.1 Å². The van der Waals surface area contributed by atoms with Crippen molar-refractivity contribution < 1.29 is 4.74 Å². The van der Waals surface area contributed by atoms with Gasteiger partial charge in [0.2, 0.25) is 0 Å². The van der Waals surface area contributed by atoms with E-state index in [4.69, 9.17) is 4.74 Å². The number of ether oxygens (including phenoxy) is 1. The molecule has 1 N–H and O–H groups in total. The maximum atomic E-state index is 5.56. The number of hydrogen-bond donors (Lipinski definition) is 1. The van der Waals surface area contributed by atoms with Gasteiger partial charge in [-0.3, -0.25) is 0 Å². The van der Waals surface area contributed by atoms with E-state index in [9.17, 15) is 0 Å². The van der Waals surface area contributed by atoms with Crippen molar-refractivity contribution in [3.63, 3.8) is 0 Å². The summed E-state index contributed by atoms with van der Waals surface area (Å²) in [7, 11) is 0. The Kier molecular flexibility index (Phi) is 2.39. The predicted octanol–water partition coefficient (Wildman–Crippen LogP) is 0.940. The van der Waals surface area contributed by atoms with Crippen LogP contribution in [0.4, 0.5) is 0 Å². The highest BCUT2D eigenvalue weighted by atomic mass is 32.1. The van der Waals surface area contributed by atoms with Gasteiger partial charge in [-0.25, -0.2) is 4.98 Å². The molecule has 0 spiro atoms. The summed E-state index contributed by atoms with van der Waals surface area (Å²) >= 11 is 1.71. The largest absolute Gasteiger partial charge is 0.368 e. The van der Waals surface area contributed by atoms with Crippen molar-refractivity contribution >= 4 is 11.3 Å². The first-order valence-electron chi connectivity index (χ1n) is 4.08. The van der Waals surface area contributed by atoms with Crippen LogP contribution in [0.5, 0.6) is 0 Å². The first kappa shape index (κ1) is 8.16. The number of aromatic nitrogens is 1. The van der Waals surface area contributed by atoms with Crippen molar-refractivity contribution in [2.24, 2.45) is 0 Å². The van der Waals surface area contributed by atoms with Gasteiger partial charge < -0.3 is 10.1 Å². The lowest BCUT2D eigenvalue weighted by atomic mass is 10.2. The molecule has 12 heavy (non-hydrogen) atoms. The average molecular weight is 184 g/mol. The predicted molar refractivity (Wildman–Crippen MR) is 48.3 cm³/mol. The van der Waals surface area contributed by atoms with Gasteiger partial charge in [0.1, 0.15) is 5.01 Å². The lowest BCUT2D eigenvalue weighted by molar-refractivity contribution is 0.00751. The Morgan fingerprint density at radius 3 is 3.08 bits per heavy atom. The summed E-state index contributed by atoms with van der Waals surface area (Å²) in [6, 6.07) is 0. The Bertz CT molecular complexity index is 257. The summed E-state index contributed by atoms with van der Waals surface area (Å²) in [6.45, 7) is 4.71. The number of rotatable bonds is 3. The first-order valence-corrected chi connectivity index (χ1v) is 4.90. The van der Waals surface area contributed by atoms with Crippen LogP contribution in [0.3, 0.4) is 0 Å². The molecule has 3 nitrogen and oxygen atoms in total. The molecule has 0 atom stereocenters. The SMILES string of the molecule is Cc1cnc(COC2CNC2)s1. The molecule has 2 rings (SSSR count). The minimum atomic E-state index is 0.411. The summed E-state index contributed by atoms with van der Waals surface area (Å²) in [5.74, 6) is 0. The van der Waals surface area contributed by atoms with Crippen molar-refractivity contribution in [1.29, 1.82) is 0 Å². The van der Waals surface area contributed by atoms with E-state index < -0.39 is 0 Å². The third-order valence-corrected chi connectivity index (χ3v) is 2.74. The fourth-order valence-corrected chi connectivity index (χ4v) is 1.75. The molecule has 66 valence electrons. The van der Waals surface area contributed by atoms with Gasteiger partial charge in [0.25, 0.3) is 0 Å². The van der Waals surface area contributed by atoms with Crippen LogP contribution in [-0.2, 0) is 11.3 Å². The zero-order chi connectivity index (χ0) is 8.39. The molecule has 0 unspecified atom stereocenters. The van der Waals surface area contributed by atoms with Crippen LogP contribution < -0.4 is 5.32 Å². The van der Waals surface area contributed by atoms with Crippen molar-refractivity contribution in [3.05, 3.63) is 16.1 Å². The van der Waals surface area contributed by atoms with Gasteiger partial charge in [-0.15, -0.1) is 11.3 Å². The van der Waals surface area contributed by atoms with Crippen LogP contribution in [0.2, 0.25) is 0 Å². The van der Waals surface area contributed by atoms with Crippen molar-refractivity contribution in [2.45, 2.75) is 19.6 Å². The summed E-state index contributed by atoms with van der Waals surface area (Å²) in [5.41, 5.74) is 0. The molecular weight excluding hydrogens is 172 g/mol. The summed E-state index contributed by atoms with van der Waals surface area (Å²) in [6.07, 6.45) is 2.30. The van der Waals surface area contributed by atoms with Gasteiger partial charge in [-0.1, -0.05) is 0 Å². The van der Waals surface area contributed by atoms with Crippen LogP contribution in [-0.4, -0.2) is 24.2 Å². The summed E-state index contributed by atoms with van der Waals surface area (Å²) < 4.78 is 5.56. The second-order valence-electron chi connectivity index (χ2n) is 2.96. The molecule has 2 heterocycles. The molecule has 0 aromatic carbocycles. The average Bonchev–Trinajstić information content (AvgIpc) is 2.32. The molecular formula is C8H12N2OS. The number of hydrogen-bond acceptors (Lipinski definition) is 4. The van der Waals surface area contributed by atoms with E-state index in [2.05, 4.69) is 17.2 Å². The highest BCUT2D eigenvalue weighted by Crippen LogP contribution is 2.13. The Labute approximate surface area is 75.8 Å². The molecule has 1 aromatic heterocycles. The van der Waals surface area contributed by atoms with Gasteiger partial charge in [0, 0.05) is 24.2 Å². The minimum absolute atomic E-state index is 0.411. The van der Waals surface area contributed by atoms with E-state index in [1.807, 2.05) is 6.20 Å². The topological polar surface area (TPSA) is 34.1 Å². The maximum absolute atomic E-state index is 5.56. The van der Waals surface area contributed by atoms with E-state index in [0.29, 0.717) is 12.7 Å².